The molecule has 6 atom stereocenters. The summed E-state index contributed by atoms with van der Waals surface area (Å²) in [6, 6.07) is 0. The largest absolute Gasteiger partial charge is 0.459 e. The van der Waals surface area contributed by atoms with Gasteiger partial charge < -0.3 is 14.2 Å². The van der Waals surface area contributed by atoms with Gasteiger partial charge in [0.25, 0.3) is 0 Å². The normalized spacial score (nSPS) is 49.4. The van der Waals surface area contributed by atoms with Crippen molar-refractivity contribution in [2.24, 2.45) is 53.3 Å². The van der Waals surface area contributed by atoms with E-state index in [9.17, 15) is 9.59 Å². The zero-order chi connectivity index (χ0) is 20.3. The van der Waals surface area contributed by atoms with Gasteiger partial charge in [-0.1, -0.05) is 13.8 Å². The fourth-order valence-electron chi connectivity index (χ4n) is 8.36. The van der Waals surface area contributed by atoms with Crippen molar-refractivity contribution < 1.29 is 23.8 Å². The third kappa shape index (κ3) is 3.23. The van der Waals surface area contributed by atoms with Crippen molar-refractivity contribution in [3.63, 3.8) is 0 Å². The fraction of sp³-hybridized carbons (Fsp3) is 0.917. The summed E-state index contributed by atoms with van der Waals surface area (Å²) in [5, 5.41) is 0. The summed E-state index contributed by atoms with van der Waals surface area (Å²) in [6.07, 6.45) is 8.03. The van der Waals surface area contributed by atoms with Crippen LogP contribution in [-0.2, 0) is 23.8 Å². The quantitative estimate of drug-likeness (QED) is 0.377. The second kappa shape index (κ2) is 7.25. The Kier molecular flexibility index (Phi) is 4.96. The Balaban J connectivity index is 1.33. The molecule has 0 N–H and O–H groups in total. The molecule has 162 valence electrons. The van der Waals surface area contributed by atoms with Gasteiger partial charge in [-0.2, -0.15) is 0 Å². The Morgan fingerprint density at radius 3 is 1.86 bits per heavy atom. The van der Waals surface area contributed by atoms with Crippen molar-refractivity contribution in [2.75, 3.05) is 13.4 Å². The van der Waals surface area contributed by atoms with E-state index in [0.717, 1.165) is 43.4 Å². The lowest BCUT2D eigenvalue weighted by Crippen LogP contribution is -2.54. The number of ether oxygens (including phenoxy) is 3. The zero-order valence-corrected chi connectivity index (χ0v) is 18.1. The van der Waals surface area contributed by atoms with Crippen molar-refractivity contribution in [1.29, 1.82) is 0 Å². The van der Waals surface area contributed by atoms with Gasteiger partial charge >= 0.3 is 11.9 Å². The van der Waals surface area contributed by atoms with Gasteiger partial charge in [-0.25, -0.2) is 0 Å². The first-order valence-corrected chi connectivity index (χ1v) is 11.9. The van der Waals surface area contributed by atoms with Crippen molar-refractivity contribution in [3.05, 3.63) is 0 Å². The summed E-state index contributed by atoms with van der Waals surface area (Å²) in [6.45, 7) is 6.82. The van der Waals surface area contributed by atoms with Gasteiger partial charge in [-0.3, -0.25) is 9.59 Å². The van der Waals surface area contributed by atoms with Crippen LogP contribution in [0.2, 0.25) is 0 Å². The van der Waals surface area contributed by atoms with Crippen LogP contribution in [0.15, 0.2) is 0 Å². The third-order valence-electron chi connectivity index (χ3n) is 9.37. The number of rotatable bonds is 6. The maximum atomic E-state index is 13.6. The molecule has 6 unspecified atom stereocenters. The first-order chi connectivity index (χ1) is 13.9. The van der Waals surface area contributed by atoms with Gasteiger partial charge in [0.05, 0.1) is 11.8 Å². The maximum absolute atomic E-state index is 13.6. The predicted molar refractivity (Wildman–Crippen MR) is 106 cm³/mol. The molecule has 6 fully saturated rings. The van der Waals surface area contributed by atoms with E-state index < -0.39 is 0 Å². The molecule has 0 aromatic rings. The van der Waals surface area contributed by atoms with Crippen LogP contribution in [0.4, 0.5) is 0 Å². The van der Waals surface area contributed by atoms with Gasteiger partial charge in [0, 0.05) is 6.61 Å². The number of carbonyl (C=O) groups is 2. The average molecular weight is 405 g/mol. The molecule has 0 aromatic heterocycles. The molecule has 6 bridgehead atoms. The number of hydrogen-bond donors (Lipinski definition) is 0. The molecule has 0 heterocycles. The smallest absolute Gasteiger partial charge is 0.312 e. The Bertz CT molecular complexity index is 637. The summed E-state index contributed by atoms with van der Waals surface area (Å²) < 4.78 is 17.0. The Morgan fingerprint density at radius 1 is 0.828 bits per heavy atom. The van der Waals surface area contributed by atoms with E-state index in [1.54, 1.807) is 0 Å². The molecule has 29 heavy (non-hydrogen) atoms. The van der Waals surface area contributed by atoms with Crippen LogP contribution in [0, 0.1) is 53.3 Å². The second-order valence-corrected chi connectivity index (χ2v) is 10.9. The highest BCUT2D eigenvalue weighted by Gasteiger charge is 2.62. The molecule has 6 aliphatic rings. The maximum Gasteiger partial charge on any atom is 0.312 e. The highest BCUT2D eigenvalue weighted by Crippen LogP contribution is 2.61. The van der Waals surface area contributed by atoms with Gasteiger partial charge in [0.2, 0.25) is 0 Å². The summed E-state index contributed by atoms with van der Waals surface area (Å²) in [5.41, 5.74) is -0.248. The van der Waals surface area contributed by atoms with Gasteiger partial charge in [-0.05, 0) is 93.3 Å². The molecule has 0 saturated heterocycles. The van der Waals surface area contributed by atoms with E-state index in [-0.39, 0.29) is 48.0 Å². The van der Waals surface area contributed by atoms with E-state index in [0.29, 0.717) is 18.4 Å². The minimum Gasteiger partial charge on any atom is -0.459 e. The first kappa shape index (κ1) is 19.8. The van der Waals surface area contributed by atoms with E-state index in [2.05, 4.69) is 13.8 Å². The Hall–Kier alpha value is -1.10. The van der Waals surface area contributed by atoms with E-state index in [4.69, 9.17) is 14.2 Å². The molecule has 6 saturated carbocycles. The molecular weight excluding hydrogens is 368 g/mol. The summed E-state index contributed by atoms with van der Waals surface area (Å²) in [4.78, 5) is 26.5. The average Bonchev–Trinajstić information content (AvgIpc) is 3.17. The lowest BCUT2D eigenvalue weighted by atomic mass is 9.54. The standard InChI is InChI=1S/C24H36O5/c1-4-27-12-28-22(25)20-18-8-19(14(3)13(18)2)21(20)23(26)29-24-9-15-5-16(10-24)7-17(6-15)11-24/h13-21H,4-12H2,1-3H3. The zero-order valence-electron chi connectivity index (χ0n) is 18.1. The monoisotopic (exact) mass is 404 g/mol. The lowest BCUT2D eigenvalue weighted by Gasteiger charge is -2.56. The predicted octanol–water partition coefficient (Wildman–Crippen LogP) is 4.19. The van der Waals surface area contributed by atoms with Crippen LogP contribution in [0.25, 0.3) is 0 Å². The molecule has 0 spiro atoms. The van der Waals surface area contributed by atoms with Crippen molar-refractivity contribution in [1.82, 2.24) is 0 Å². The molecule has 5 heteroatoms. The first-order valence-electron chi connectivity index (χ1n) is 11.9. The molecule has 0 aliphatic heterocycles. The summed E-state index contributed by atoms with van der Waals surface area (Å²) in [5.74, 6) is 2.47. The molecule has 0 aromatic carbocycles. The minimum absolute atomic E-state index is 0.0239. The summed E-state index contributed by atoms with van der Waals surface area (Å²) in [7, 11) is 0. The van der Waals surface area contributed by atoms with Gasteiger partial charge in [-0.15, -0.1) is 0 Å². The lowest BCUT2D eigenvalue weighted by molar-refractivity contribution is -0.199. The number of esters is 2. The molecule has 6 rings (SSSR count). The highest BCUT2D eigenvalue weighted by molar-refractivity contribution is 5.84. The van der Waals surface area contributed by atoms with Gasteiger partial charge in [0.15, 0.2) is 6.79 Å². The van der Waals surface area contributed by atoms with Crippen LogP contribution in [0.5, 0.6) is 0 Å². The topological polar surface area (TPSA) is 61.8 Å². The van der Waals surface area contributed by atoms with Crippen LogP contribution in [0.1, 0.15) is 65.7 Å². The minimum atomic E-state index is -0.368. The number of fused-ring (bicyclic) bond motifs is 2. The van der Waals surface area contributed by atoms with E-state index in [1.165, 1.54) is 19.3 Å². The molecule has 0 amide bonds. The summed E-state index contributed by atoms with van der Waals surface area (Å²) >= 11 is 0. The Morgan fingerprint density at radius 2 is 1.34 bits per heavy atom. The van der Waals surface area contributed by atoms with Gasteiger partial charge in [0.1, 0.15) is 5.60 Å². The fourth-order valence-corrected chi connectivity index (χ4v) is 8.36. The van der Waals surface area contributed by atoms with E-state index in [1.807, 2.05) is 6.92 Å². The van der Waals surface area contributed by atoms with Crippen molar-refractivity contribution in [3.8, 4) is 0 Å². The van der Waals surface area contributed by atoms with Crippen LogP contribution >= 0.6 is 0 Å². The molecule has 6 aliphatic carbocycles. The molecular formula is C24H36O5. The molecule has 0 radical (unpaired) electrons. The van der Waals surface area contributed by atoms with Crippen LogP contribution < -0.4 is 0 Å². The molecule has 5 nitrogen and oxygen atoms in total. The van der Waals surface area contributed by atoms with E-state index >= 15 is 0 Å². The number of hydrogen-bond acceptors (Lipinski definition) is 5. The Labute approximate surface area is 174 Å². The second-order valence-electron chi connectivity index (χ2n) is 10.9. The third-order valence-corrected chi connectivity index (χ3v) is 9.37. The SMILES string of the molecule is CCOCOC(=O)C1C2CC(C(C)C2C)C1C(=O)OC12CC3CC(CC(C3)C1)C2. The van der Waals surface area contributed by atoms with Crippen molar-refractivity contribution >= 4 is 11.9 Å². The van der Waals surface area contributed by atoms with Crippen molar-refractivity contribution in [2.45, 2.75) is 71.3 Å². The highest BCUT2D eigenvalue weighted by atomic mass is 16.7. The number of carbonyl (C=O) groups excluding carboxylic acids is 2. The van der Waals surface area contributed by atoms with Crippen LogP contribution in [0.3, 0.4) is 0 Å². The van der Waals surface area contributed by atoms with Crippen LogP contribution in [-0.4, -0.2) is 30.9 Å².